The monoisotopic (exact) mass is 442 g/mol. The van der Waals surface area contributed by atoms with E-state index in [9.17, 15) is 19.2 Å². The average Bonchev–Trinajstić information content (AvgIpc) is 3.01. The number of rotatable bonds is 8. The molecule has 0 aromatic heterocycles. The van der Waals surface area contributed by atoms with Crippen LogP contribution in [0.15, 0.2) is 53.4 Å². The molecule has 0 radical (unpaired) electrons. The number of carboxylic acid groups (broad SMARTS) is 1. The Morgan fingerprint density at radius 1 is 1.06 bits per heavy atom. The summed E-state index contributed by atoms with van der Waals surface area (Å²) in [6.45, 7) is -0.868. The highest BCUT2D eigenvalue weighted by molar-refractivity contribution is 8.18. The fourth-order valence-corrected chi connectivity index (χ4v) is 3.45. The van der Waals surface area contributed by atoms with Crippen LogP contribution >= 0.6 is 11.8 Å². The zero-order valence-corrected chi connectivity index (χ0v) is 17.2. The van der Waals surface area contributed by atoms with Crippen LogP contribution in [0.3, 0.4) is 0 Å². The number of hydrogen-bond acceptors (Lipinski definition) is 7. The van der Waals surface area contributed by atoms with Gasteiger partial charge in [-0.3, -0.25) is 19.3 Å². The summed E-state index contributed by atoms with van der Waals surface area (Å²) >= 11 is 0.741. The molecule has 0 saturated carbocycles. The van der Waals surface area contributed by atoms with E-state index in [-0.39, 0.29) is 4.91 Å². The van der Waals surface area contributed by atoms with Crippen molar-refractivity contribution in [2.45, 2.75) is 0 Å². The zero-order valence-electron chi connectivity index (χ0n) is 16.4. The molecule has 1 saturated heterocycles. The van der Waals surface area contributed by atoms with Gasteiger partial charge in [0.05, 0.1) is 12.0 Å². The van der Waals surface area contributed by atoms with Gasteiger partial charge in [-0.1, -0.05) is 12.1 Å². The molecule has 0 atom stereocenters. The summed E-state index contributed by atoms with van der Waals surface area (Å²) in [5, 5.41) is 10.7. The lowest BCUT2D eigenvalue weighted by molar-refractivity contribution is -0.139. The first kappa shape index (κ1) is 21.9. The molecule has 31 heavy (non-hydrogen) atoms. The largest absolute Gasteiger partial charge is 0.497 e. The fourth-order valence-electron chi connectivity index (χ4n) is 2.61. The molecule has 2 aromatic rings. The van der Waals surface area contributed by atoms with Crippen molar-refractivity contribution >= 4 is 46.5 Å². The van der Waals surface area contributed by atoms with E-state index in [0.717, 1.165) is 16.7 Å². The van der Waals surface area contributed by atoms with Gasteiger partial charge in [-0.2, -0.15) is 0 Å². The summed E-state index contributed by atoms with van der Waals surface area (Å²) in [6, 6.07) is 13.0. The van der Waals surface area contributed by atoms with Crippen molar-refractivity contribution in [2.75, 3.05) is 25.6 Å². The molecular formula is C21H18N2O7S. The molecule has 1 fully saturated rings. The number of benzene rings is 2. The number of aliphatic carboxylic acids is 1. The highest BCUT2D eigenvalue weighted by Crippen LogP contribution is 2.32. The lowest BCUT2D eigenvalue weighted by atomic mass is 10.2. The summed E-state index contributed by atoms with van der Waals surface area (Å²) in [5.74, 6) is -1.16. The van der Waals surface area contributed by atoms with Gasteiger partial charge in [0, 0.05) is 5.69 Å². The summed E-state index contributed by atoms with van der Waals surface area (Å²) in [7, 11) is 1.53. The summed E-state index contributed by atoms with van der Waals surface area (Å²) < 4.78 is 10.1. The molecule has 1 aliphatic heterocycles. The van der Waals surface area contributed by atoms with Gasteiger partial charge in [-0.25, -0.2) is 4.79 Å². The molecule has 10 heteroatoms. The molecule has 1 aliphatic rings. The molecule has 9 nitrogen and oxygen atoms in total. The summed E-state index contributed by atoms with van der Waals surface area (Å²) in [4.78, 5) is 48.6. The van der Waals surface area contributed by atoms with E-state index in [2.05, 4.69) is 5.32 Å². The maximum Gasteiger partial charge on any atom is 0.341 e. The van der Waals surface area contributed by atoms with Crippen molar-refractivity contribution in [1.29, 1.82) is 0 Å². The third-order valence-corrected chi connectivity index (χ3v) is 5.00. The maximum absolute atomic E-state index is 12.6. The van der Waals surface area contributed by atoms with E-state index in [0.29, 0.717) is 22.7 Å². The minimum atomic E-state index is -1.09. The molecule has 0 unspecified atom stereocenters. The Morgan fingerprint density at radius 2 is 1.71 bits per heavy atom. The molecule has 2 N–H and O–H groups in total. The van der Waals surface area contributed by atoms with Crippen molar-refractivity contribution in [1.82, 2.24) is 4.90 Å². The number of hydrogen-bond donors (Lipinski definition) is 2. The van der Waals surface area contributed by atoms with E-state index < -0.39 is 36.2 Å². The molecule has 0 bridgehead atoms. The third-order valence-electron chi connectivity index (χ3n) is 4.09. The highest BCUT2D eigenvalue weighted by Gasteiger charge is 2.36. The lowest BCUT2D eigenvalue weighted by Crippen LogP contribution is -2.36. The molecule has 3 rings (SSSR count). The van der Waals surface area contributed by atoms with Crippen LogP contribution in [0.2, 0.25) is 0 Å². The van der Waals surface area contributed by atoms with Crippen molar-refractivity contribution < 1.29 is 33.8 Å². The van der Waals surface area contributed by atoms with E-state index >= 15 is 0 Å². The fraction of sp³-hybridized carbons (Fsp3) is 0.143. The third kappa shape index (κ3) is 5.86. The predicted molar refractivity (Wildman–Crippen MR) is 114 cm³/mol. The van der Waals surface area contributed by atoms with Gasteiger partial charge in [0.2, 0.25) is 5.91 Å². The number of anilines is 1. The van der Waals surface area contributed by atoms with Gasteiger partial charge < -0.3 is 19.9 Å². The molecule has 0 aliphatic carbocycles. The number of amides is 3. The number of carboxylic acids is 1. The zero-order chi connectivity index (χ0) is 22.4. The number of methoxy groups -OCH3 is 1. The second-order valence-electron chi connectivity index (χ2n) is 6.30. The quantitative estimate of drug-likeness (QED) is 0.599. The van der Waals surface area contributed by atoms with E-state index in [4.69, 9.17) is 14.6 Å². The molecule has 3 amide bonds. The van der Waals surface area contributed by atoms with Crippen molar-refractivity contribution in [3.63, 3.8) is 0 Å². The Hall–Kier alpha value is -3.79. The van der Waals surface area contributed by atoms with Crippen LogP contribution in [0.5, 0.6) is 11.5 Å². The highest BCUT2D eigenvalue weighted by atomic mass is 32.2. The predicted octanol–water partition coefficient (Wildman–Crippen LogP) is 2.83. The van der Waals surface area contributed by atoms with Crippen LogP contribution in [-0.2, 0) is 14.4 Å². The standard InChI is InChI=1S/C21H18N2O7S/c1-29-15-8-4-14(5-9-15)22-18(24)11-23-20(27)17(31-21(23)28)10-13-2-6-16(7-3-13)30-12-19(25)26/h2-10H,11-12H2,1H3,(H,22,24)(H,25,26)/b17-10+. The average molecular weight is 442 g/mol. The molecule has 2 aromatic carbocycles. The first-order valence-corrected chi connectivity index (χ1v) is 9.81. The topological polar surface area (TPSA) is 122 Å². The van der Waals surface area contributed by atoms with Gasteiger partial charge in [-0.05, 0) is 59.8 Å². The Labute approximate surface area is 181 Å². The molecule has 0 spiro atoms. The van der Waals surface area contributed by atoms with E-state index in [1.165, 1.54) is 13.2 Å². The first-order valence-electron chi connectivity index (χ1n) is 8.99. The van der Waals surface area contributed by atoms with Crippen LogP contribution in [-0.4, -0.2) is 53.3 Å². The smallest absolute Gasteiger partial charge is 0.341 e. The Balaban J connectivity index is 1.61. The van der Waals surface area contributed by atoms with Crippen LogP contribution in [0.25, 0.3) is 6.08 Å². The number of imide groups is 1. The van der Waals surface area contributed by atoms with Gasteiger partial charge in [0.1, 0.15) is 18.0 Å². The minimum absolute atomic E-state index is 0.182. The lowest BCUT2D eigenvalue weighted by Gasteiger charge is -2.12. The van der Waals surface area contributed by atoms with Crippen molar-refractivity contribution in [2.24, 2.45) is 0 Å². The van der Waals surface area contributed by atoms with Crippen molar-refractivity contribution in [3.05, 3.63) is 59.0 Å². The van der Waals surface area contributed by atoms with E-state index in [1.807, 2.05) is 0 Å². The normalized spacial score (nSPS) is 14.6. The van der Waals surface area contributed by atoms with E-state index in [1.54, 1.807) is 48.5 Å². The van der Waals surface area contributed by atoms with Crippen molar-refractivity contribution in [3.8, 4) is 11.5 Å². The number of thioether (sulfide) groups is 1. The molecular weight excluding hydrogens is 424 g/mol. The summed E-state index contributed by atoms with van der Waals surface area (Å²) in [5.41, 5.74) is 1.13. The van der Waals surface area contributed by atoms with Crippen LogP contribution < -0.4 is 14.8 Å². The Morgan fingerprint density at radius 3 is 2.32 bits per heavy atom. The van der Waals surface area contributed by atoms with Gasteiger partial charge in [-0.15, -0.1) is 0 Å². The van der Waals surface area contributed by atoms with Gasteiger partial charge in [0.15, 0.2) is 6.61 Å². The van der Waals surface area contributed by atoms with Gasteiger partial charge >= 0.3 is 5.97 Å². The number of nitrogens with one attached hydrogen (secondary N) is 1. The Kier molecular flexibility index (Phi) is 6.93. The maximum atomic E-state index is 12.6. The number of carbonyl (C=O) groups is 4. The molecule has 1 heterocycles. The SMILES string of the molecule is COc1ccc(NC(=O)CN2C(=O)S/C(=C/c3ccc(OCC(=O)O)cc3)C2=O)cc1. The second kappa shape index (κ2) is 9.81. The minimum Gasteiger partial charge on any atom is -0.497 e. The van der Waals surface area contributed by atoms with Crippen LogP contribution in [0.1, 0.15) is 5.56 Å². The number of ether oxygens (including phenoxy) is 2. The van der Waals surface area contributed by atoms with Crippen LogP contribution in [0.4, 0.5) is 10.5 Å². The number of nitrogens with zero attached hydrogens (tertiary/aromatic N) is 1. The second-order valence-corrected chi connectivity index (χ2v) is 7.29. The Bertz CT molecular complexity index is 1030. The van der Waals surface area contributed by atoms with Crippen LogP contribution in [0, 0.1) is 0 Å². The summed E-state index contributed by atoms with van der Waals surface area (Å²) in [6.07, 6.45) is 1.52. The number of carbonyl (C=O) groups excluding carboxylic acids is 3. The molecule has 160 valence electrons. The van der Waals surface area contributed by atoms with Gasteiger partial charge in [0.25, 0.3) is 11.1 Å². The first-order chi connectivity index (χ1) is 14.9.